The molecule has 168 valence electrons. The fraction of sp³-hybridized carbons (Fsp3) is 0.476. The van der Waals surface area contributed by atoms with E-state index in [1.807, 2.05) is 0 Å². The summed E-state index contributed by atoms with van der Waals surface area (Å²) in [5, 5.41) is 15.4. The number of benzene rings is 1. The van der Waals surface area contributed by atoms with Crippen LogP contribution in [-0.4, -0.2) is 43.6 Å². The number of alkyl halides is 2. The topological polar surface area (TPSA) is 94.8 Å². The molecule has 0 spiro atoms. The van der Waals surface area contributed by atoms with Gasteiger partial charge in [-0.25, -0.2) is 13.8 Å². The largest absolute Gasteiger partial charge is 0.375 e. The molecule has 1 aliphatic carbocycles. The van der Waals surface area contributed by atoms with Crippen molar-refractivity contribution in [2.75, 3.05) is 11.9 Å². The zero-order valence-corrected chi connectivity index (χ0v) is 18.2. The van der Waals surface area contributed by atoms with Gasteiger partial charge in [-0.15, -0.1) is 10.2 Å². The normalized spacial score (nSPS) is 20.7. The first-order chi connectivity index (χ1) is 15.4. The van der Waals surface area contributed by atoms with Gasteiger partial charge in [0.2, 0.25) is 17.7 Å². The zero-order valence-electron chi connectivity index (χ0n) is 17.4. The monoisotopic (exact) mass is 460 g/mol. The predicted octanol–water partition coefficient (Wildman–Crippen LogP) is 3.56. The van der Waals surface area contributed by atoms with Gasteiger partial charge in [-0.2, -0.15) is 4.80 Å². The number of fused-ring (bicyclic) bond motifs is 1. The summed E-state index contributed by atoms with van der Waals surface area (Å²) in [5.74, 6) is -3.76. The number of carbonyl (C=O) groups excluding carboxylic acids is 1. The minimum absolute atomic E-state index is 0.202. The van der Waals surface area contributed by atoms with E-state index >= 15 is 0 Å². The Hall–Kier alpha value is -2.79. The number of rotatable bonds is 5. The van der Waals surface area contributed by atoms with Gasteiger partial charge in [0.15, 0.2) is 5.13 Å². The molecule has 1 aromatic carbocycles. The van der Waals surface area contributed by atoms with E-state index in [-0.39, 0.29) is 18.7 Å². The molecule has 1 saturated carbocycles. The SMILES string of the molecule is Cn1nnc(-c2ccc(C(C(=O)Nc3nc4c(s3)COCC4)C3CCC(F)(F)C3)cc2)n1. The standard InChI is InChI=1S/C21H22F2N6O2S/c1-29-27-18(26-28-29)13-4-2-12(3-5-13)17(14-6-8-21(22,23)10-14)19(30)25-20-24-15-7-9-31-11-16(15)32-20/h2-5,14,17H,6-11H2,1H3,(H,24,25,30). The first kappa shape index (κ1) is 21.1. The predicted molar refractivity (Wildman–Crippen MR) is 113 cm³/mol. The number of aryl methyl sites for hydroxylation is 1. The van der Waals surface area contributed by atoms with Crippen LogP contribution >= 0.6 is 11.3 Å². The molecule has 2 unspecified atom stereocenters. The van der Waals surface area contributed by atoms with E-state index in [4.69, 9.17) is 4.74 Å². The molecule has 5 rings (SSSR count). The summed E-state index contributed by atoms with van der Waals surface area (Å²) >= 11 is 1.38. The Morgan fingerprint density at radius 2 is 2.16 bits per heavy atom. The number of thiazole rings is 1. The van der Waals surface area contributed by atoms with Crippen LogP contribution in [0.1, 0.15) is 41.3 Å². The smallest absolute Gasteiger partial charge is 0.248 e. The van der Waals surface area contributed by atoms with Crippen molar-refractivity contribution in [2.24, 2.45) is 13.0 Å². The maximum atomic E-state index is 14.0. The zero-order chi connectivity index (χ0) is 22.3. The van der Waals surface area contributed by atoms with Crippen molar-refractivity contribution < 1.29 is 18.3 Å². The lowest BCUT2D eigenvalue weighted by atomic mass is 9.83. The number of amides is 1. The molecule has 8 nitrogen and oxygen atoms in total. The van der Waals surface area contributed by atoms with Crippen LogP contribution in [0.15, 0.2) is 24.3 Å². The number of nitrogens with one attached hydrogen (secondary N) is 1. The molecule has 1 fully saturated rings. The highest BCUT2D eigenvalue weighted by Gasteiger charge is 2.45. The molecule has 1 N–H and O–H groups in total. The van der Waals surface area contributed by atoms with Crippen molar-refractivity contribution in [1.82, 2.24) is 25.2 Å². The lowest BCUT2D eigenvalue weighted by Gasteiger charge is -2.23. The first-order valence-electron chi connectivity index (χ1n) is 10.5. The third-order valence-electron chi connectivity index (χ3n) is 5.96. The van der Waals surface area contributed by atoms with E-state index in [1.165, 1.54) is 16.1 Å². The fourth-order valence-corrected chi connectivity index (χ4v) is 5.36. The summed E-state index contributed by atoms with van der Waals surface area (Å²) < 4.78 is 33.5. The van der Waals surface area contributed by atoms with Gasteiger partial charge >= 0.3 is 0 Å². The molecule has 2 atom stereocenters. The van der Waals surface area contributed by atoms with Gasteiger partial charge in [-0.1, -0.05) is 35.6 Å². The molecule has 1 amide bonds. The number of ether oxygens (including phenoxy) is 1. The maximum absolute atomic E-state index is 14.0. The van der Waals surface area contributed by atoms with Crippen LogP contribution in [0.4, 0.5) is 13.9 Å². The Morgan fingerprint density at radius 3 is 2.81 bits per heavy atom. The van der Waals surface area contributed by atoms with Crippen LogP contribution in [0, 0.1) is 5.92 Å². The van der Waals surface area contributed by atoms with Crippen LogP contribution in [0.2, 0.25) is 0 Å². The van der Waals surface area contributed by atoms with E-state index < -0.39 is 17.8 Å². The minimum Gasteiger partial charge on any atom is -0.375 e. The van der Waals surface area contributed by atoms with Gasteiger partial charge in [-0.3, -0.25) is 4.79 Å². The Kier molecular flexibility index (Phi) is 5.46. The Labute approximate surface area is 187 Å². The van der Waals surface area contributed by atoms with Crippen molar-refractivity contribution in [3.63, 3.8) is 0 Å². The second-order valence-electron chi connectivity index (χ2n) is 8.24. The van der Waals surface area contributed by atoms with Gasteiger partial charge in [0.1, 0.15) is 0 Å². The number of halogens is 2. The molecule has 3 aromatic rings. The molecule has 0 radical (unpaired) electrons. The lowest BCUT2D eigenvalue weighted by molar-refractivity contribution is -0.118. The molecule has 0 saturated heterocycles. The summed E-state index contributed by atoms with van der Waals surface area (Å²) in [6.07, 6.45) is 0.491. The van der Waals surface area contributed by atoms with E-state index in [1.54, 1.807) is 31.3 Å². The van der Waals surface area contributed by atoms with Crippen molar-refractivity contribution >= 4 is 22.4 Å². The van der Waals surface area contributed by atoms with Crippen LogP contribution in [0.3, 0.4) is 0 Å². The summed E-state index contributed by atoms with van der Waals surface area (Å²) in [5.41, 5.74) is 2.36. The number of hydrogen-bond donors (Lipinski definition) is 1. The second-order valence-corrected chi connectivity index (χ2v) is 9.33. The highest BCUT2D eigenvalue weighted by Crippen LogP contribution is 2.46. The molecular weight excluding hydrogens is 438 g/mol. The number of nitrogens with zero attached hydrogens (tertiary/aromatic N) is 5. The Bertz CT molecular complexity index is 1110. The molecular formula is C21H22F2N6O2S. The van der Waals surface area contributed by atoms with Gasteiger partial charge in [0.25, 0.3) is 0 Å². The third kappa shape index (κ3) is 4.26. The van der Waals surface area contributed by atoms with Gasteiger partial charge < -0.3 is 10.1 Å². The number of tetrazole rings is 1. The molecule has 0 bridgehead atoms. The molecule has 11 heteroatoms. The number of hydrogen-bond acceptors (Lipinski definition) is 7. The maximum Gasteiger partial charge on any atom is 0.248 e. The van der Waals surface area contributed by atoms with E-state index in [0.717, 1.165) is 16.1 Å². The lowest BCUT2D eigenvalue weighted by Crippen LogP contribution is -2.27. The minimum atomic E-state index is -2.75. The van der Waals surface area contributed by atoms with Gasteiger partial charge in [0.05, 0.1) is 36.8 Å². The average Bonchev–Trinajstić information content (AvgIpc) is 3.46. The Balaban J connectivity index is 1.41. The molecule has 1 aliphatic heterocycles. The molecule has 3 heterocycles. The van der Waals surface area contributed by atoms with Crippen LogP contribution in [-0.2, 0) is 29.6 Å². The Morgan fingerprint density at radius 1 is 1.34 bits per heavy atom. The summed E-state index contributed by atoms with van der Waals surface area (Å²) in [4.78, 5) is 20.2. The van der Waals surface area contributed by atoms with Crippen molar-refractivity contribution in [1.29, 1.82) is 0 Å². The van der Waals surface area contributed by atoms with Crippen LogP contribution < -0.4 is 5.32 Å². The number of aromatic nitrogens is 5. The first-order valence-corrected chi connectivity index (χ1v) is 11.3. The fourth-order valence-electron chi connectivity index (χ4n) is 4.41. The number of carbonyl (C=O) groups is 1. The second kappa shape index (κ2) is 8.28. The average molecular weight is 461 g/mol. The molecule has 2 aliphatic rings. The summed E-state index contributed by atoms with van der Waals surface area (Å²) in [6, 6.07) is 7.15. The number of anilines is 1. The van der Waals surface area contributed by atoms with E-state index in [9.17, 15) is 13.6 Å². The highest BCUT2D eigenvalue weighted by molar-refractivity contribution is 7.15. The summed E-state index contributed by atoms with van der Waals surface area (Å²) in [6.45, 7) is 1.09. The quantitative estimate of drug-likeness (QED) is 0.626. The van der Waals surface area contributed by atoms with Crippen LogP contribution in [0.5, 0.6) is 0 Å². The highest BCUT2D eigenvalue weighted by atomic mass is 32.1. The van der Waals surface area contributed by atoms with Gasteiger partial charge in [-0.05, 0) is 23.1 Å². The van der Waals surface area contributed by atoms with Crippen molar-refractivity contribution in [3.8, 4) is 11.4 Å². The summed E-state index contributed by atoms with van der Waals surface area (Å²) in [7, 11) is 1.67. The van der Waals surface area contributed by atoms with E-state index in [2.05, 4.69) is 25.7 Å². The van der Waals surface area contributed by atoms with Crippen molar-refractivity contribution in [3.05, 3.63) is 40.4 Å². The third-order valence-corrected chi connectivity index (χ3v) is 6.94. The molecule has 32 heavy (non-hydrogen) atoms. The molecule has 2 aromatic heterocycles. The van der Waals surface area contributed by atoms with Crippen LogP contribution in [0.25, 0.3) is 11.4 Å². The van der Waals surface area contributed by atoms with Crippen molar-refractivity contribution in [2.45, 2.75) is 44.1 Å². The van der Waals surface area contributed by atoms with Gasteiger partial charge in [0, 0.05) is 24.8 Å². The van der Waals surface area contributed by atoms with E-state index in [0.29, 0.717) is 42.6 Å².